The SMILES string of the molecule is CC(C)NCCNCCC(C)C(C)(C)C. The molecular formula is C13H30N2. The molecule has 92 valence electrons. The summed E-state index contributed by atoms with van der Waals surface area (Å²) in [5, 5.41) is 6.88. The normalized spacial score (nSPS) is 14.6. The molecule has 0 aromatic heterocycles. The van der Waals surface area contributed by atoms with Crippen LogP contribution in [0.3, 0.4) is 0 Å². The monoisotopic (exact) mass is 214 g/mol. The number of hydrogen-bond acceptors (Lipinski definition) is 2. The lowest BCUT2D eigenvalue weighted by molar-refractivity contribution is 0.245. The van der Waals surface area contributed by atoms with E-state index in [1.807, 2.05) is 0 Å². The van der Waals surface area contributed by atoms with Crippen molar-refractivity contribution in [1.29, 1.82) is 0 Å². The van der Waals surface area contributed by atoms with Gasteiger partial charge in [0.2, 0.25) is 0 Å². The molecular weight excluding hydrogens is 184 g/mol. The number of hydrogen-bond donors (Lipinski definition) is 2. The first-order chi connectivity index (χ1) is 6.84. The van der Waals surface area contributed by atoms with Gasteiger partial charge in [-0.05, 0) is 24.3 Å². The van der Waals surface area contributed by atoms with Crippen LogP contribution in [0.2, 0.25) is 0 Å². The summed E-state index contributed by atoms with van der Waals surface area (Å²) in [6, 6.07) is 0.597. The fraction of sp³-hybridized carbons (Fsp3) is 1.00. The van der Waals surface area contributed by atoms with Gasteiger partial charge in [-0.1, -0.05) is 41.5 Å². The zero-order valence-corrected chi connectivity index (χ0v) is 11.5. The molecule has 0 saturated carbocycles. The molecule has 1 atom stereocenters. The van der Waals surface area contributed by atoms with Crippen LogP contribution in [-0.2, 0) is 0 Å². The molecule has 2 N–H and O–H groups in total. The van der Waals surface area contributed by atoms with Crippen LogP contribution >= 0.6 is 0 Å². The van der Waals surface area contributed by atoms with Crippen LogP contribution in [0, 0.1) is 11.3 Å². The van der Waals surface area contributed by atoms with Crippen molar-refractivity contribution in [3.63, 3.8) is 0 Å². The van der Waals surface area contributed by atoms with Crippen molar-refractivity contribution in [2.45, 2.75) is 54.0 Å². The lowest BCUT2D eigenvalue weighted by Crippen LogP contribution is -2.33. The summed E-state index contributed by atoms with van der Waals surface area (Å²) in [7, 11) is 0. The Morgan fingerprint density at radius 2 is 1.53 bits per heavy atom. The minimum atomic E-state index is 0.442. The van der Waals surface area contributed by atoms with E-state index in [0.717, 1.165) is 25.6 Å². The maximum Gasteiger partial charge on any atom is 0.00790 e. The van der Waals surface area contributed by atoms with E-state index in [9.17, 15) is 0 Å². The highest BCUT2D eigenvalue weighted by atomic mass is 15.0. The van der Waals surface area contributed by atoms with Crippen molar-refractivity contribution in [1.82, 2.24) is 10.6 Å². The predicted molar refractivity (Wildman–Crippen MR) is 69.2 cm³/mol. The molecule has 15 heavy (non-hydrogen) atoms. The van der Waals surface area contributed by atoms with Crippen LogP contribution in [0.4, 0.5) is 0 Å². The molecule has 0 bridgehead atoms. The fourth-order valence-corrected chi connectivity index (χ4v) is 1.33. The minimum absolute atomic E-state index is 0.442. The lowest BCUT2D eigenvalue weighted by Gasteiger charge is -2.27. The predicted octanol–water partition coefficient (Wildman–Crippen LogP) is 2.65. The average molecular weight is 214 g/mol. The number of nitrogens with one attached hydrogen (secondary N) is 2. The van der Waals surface area contributed by atoms with Gasteiger partial charge < -0.3 is 10.6 Å². The maximum absolute atomic E-state index is 3.48. The molecule has 0 radical (unpaired) electrons. The van der Waals surface area contributed by atoms with Gasteiger partial charge in [-0.3, -0.25) is 0 Å². The largest absolute Gasteiger partial charge is 0.315 e. The maximum atomic E-state index is 3.48. The van der Waals surface area contributed by atoms with Gasteiger partial charge in [-0.25, -0.2) is 0 Å². The van der Waals surface area contributed by atoms with E-state index < -0.39 is 0 Å². The van der Waals surface area contributed by atoms with E-state index in [2.05, 4.69) is 52.2 Å². The second-order valence-corrected chi connectivity index (χ2v) is 5.91. The molecule has 0 amide bonds. The van der Waals surface area contributed by atoms with Crippen LogP contribution in [0.15, 0.2) is 0 Å². The summed E-state index contributed by atoms with van der Waals surface area (Å²) >= 11 is 0. The Kier molecular flexibility index (Phi) is 7.20. The zero-order valence-electron chi connectivity index (χ0n) is 11.5. The van der Waals surface area contributed by atoms with E-state index >= 15 is 0 Å². The zero-order chi connectivity index (χ0) is 11.9. The van der Waals surface area contributed by atoms with Crippen LogP contribution in [0.1, 0.15) is 48.0 Å². The third-order valence-electron chi connectivity index (χ3n) is 3.09. The molecule has 0 spiro atoms. The average Bonchev–Trinajstić information content (AvgIpc) is 2.08. The van der Waals surface area contributed by atoms with Gasteiger partial charge in [-0.15, -0.1) is 0 Å². The Morgan fingerprint density at radius 3 is 2.00 bits per heavy atom. The first-order valence-electron chi connectivity index (χ1n) is 6.28. The van der Waals surface area contributed by atoms with E-state index in [4.69, 9.17) is 0 Å². The first-order valence-corrected chi connectivity index (χ1v) is 6.28. The highest BCUT2D eigenvalue weighted by Crippen LogP contribution is 2.27. The van der Waals surface area contributed by atoms with Gasteiger partial charge >= 0.3 is 0 Å². The van der Waals surface area contributed by atoms with Crippen LogP contribution in [0.5, 0.6) is 0 Å². The third kappa shape index (κ3) is 8.88. The molecule has 0 saturated heterocycles. The summed E-state index contributed by atoms with van der Waals surface area (Å²) < 4.78 is 0. The van der Waals surface area contributed by atoms with E-state index in [0.29, 0.717) is 11.5 Å². The lowest BCUT2D eigenvalue weighted by atomic mass is 9.80. The van der Waals surface area contributed by atoms with Crippen molar-refractivity contribution in [3.05, 3.63) is 0 Å². The van der Waals surface area contributed by atoms with Gasteiger partial charge in [0.05, 0.1) is 0 Å². The molecule has 2 nitrogen and oxygen atoms in total. The molecule has 0 aliphatic heterocycles. The Labute approximate surface area is 96.2 Å². The first kappa shape index (κ1) is 14.9. The third-order valence-corrected chi connectivity index (χ3v) is 3.09. The van der Waals surface area contributed by atoms with Gasteiger partial charge in [0, 0.05) is 19.1 Å². The molecule has 2 heteroatoms. The topological polar surface area (TPSA) is 24.1 Å². The van der Waals surface area contributed by atoms with Crippen LogP contribution in [-0.4, -0.2) is 25.7 Å². The quantitative estimate of drug-likeness (QED) is 0.637. The highest BCUT2D eigenvalue weighted by Gasteiger charge is 2.18. The minimum Gasteiger partial charge on any atom is -0.315 e. The molecule has 0 fully saturated rings. The van der Waals surface area contributed by atoms with Crippen LogP contribution < -0.4 is 10.6 Å². The summed E-state index contributed by atoms with van der Waals surface area (Å²) in [4.78, 5) is 0. The molecule has 0 aliphatic rings. The van der Waals surface area contributed by atoms with E-state index in [-0.39, 0.29) is 0 Å². The van der Waals surface area contributed by atoms with Gasteiger partial charge in [-0.2, -0.15) is 0 Å². The summed E-state index contributed by atoms with van der Waals surface area (Å²) in [5.41, 5.74) is 0.442. The van der Waals surface area contributed by atoms with Crippen molar-refractivity contribution < 1.29 is 0 Å². The fourth-order valence-electron chi connectivity index (χ4n) is 1.33. The van der Waals surface area contributed by atoms with Gasteiger partial charge in [0.25, 0.3) is 0 Å². The Hall–Kier alpha value is -0.0800. The van der Waals surface area contributed by atoms with Crippen molar-refractivity contribution in [2.24, 2.45) is 11.3 Å². The molecule has 0 aliphatic carbocycles. The summed E-state index contributed by atoms with van der Waals surface area (Å²) in [5.74, 6) is 0.781. The van der Waals surface area contributed by atoms with Crippen molar-refractivity contribution in [2.75, 3.05) is 19.6 Å². The van der Waals surface area contributed by atoms with Crippen molar-refractivity contribution in [3.8, 4) is 0 Å². The Bertz CT molecular complexity index is 147. The standard InChI is InChI=1S/C13H30N2/c1-11(2)15-10-9-14-8-7-12(3)13(4,5)6/h11-12,14-15H,7-10H2,1-6H3. The Morgan fingerprint density at radius 1 is 0.933 bits per heavy atom. The van der Waals surface area contributed by atoms with Gasteiger partial charge in [0.1, 0.15) is 0 Å². The van der Waals surface area contributed by atoms with E-state index in [1.54, 1.807) is 0 Å². The number of rotatable bonds is 7. The molecule has 0 aromatic carbocycles. The van der Waals surface area contributed by atoms with Gasteiger partial charge in [0.15, 0.2) is 0 Å². The Balaban J connectivity index is 3.32. The second kappa shape index (κ2) is 7.24. The summed E-state index contributed by atoms with van der Waals surface area (Å²) in [6.07, 6.45) is 1.27. The molecule has 1 unspecified atom stereocenters. The van der Waals surface area contributed by atoms with E-state index in [1.165, 1.54) is 6.42 Å². The molecule has 0 aromatic rings. The van der Waals surface area contributed by atoms with Crippen LogP contribution in [0.25, 0.3) is 0 Å². The molecule has 0 heterocycles. The smallest absolute Gasteiger partial charge is 0.00790 e. The summed E-state index contributed by atoms with van der Waals surface area (Å²) in [6.45, 7) is 16.9. The second-order valence-electron chi connectivity index (χ2n) is 5.91. The highest BCUT2D eigenvalue weighted by molar-refractivity contribution is 4.70. The molecule has 0 rings (SSSR count). The van der Waals surface area contributed by atoms with Crippen molar-refractivity contribution >= 4 is 0 Å².